The van der Waals surface area contributed by atoms with Crippen LogP contribution < -0.4 is 0 Å². The average molecular weight is 311 g/mol. The summed E-state index contributed by atoms with van der Waals surface area (Å²) in [6.07, 6.45) is 3.41. The summed E-state index contributed by atoms with van der Waals surface area (Å²) in [5.74, 6) is 1.44. The molecule has 1 N–H and O–H groups in total. The number of nitrogens with one attached hydrogen (secondary N) is 1. The van der Waals surface area contributed by atoms with Crippen LogP contribution in [0, 0.1) is 3.57 Å². The minimum atomic E-state index is 0.710. The SMILES string of the molecule is Ic1cnc2nc(-c3ccco3)[nH]c2c1. The van der Waals surface area contributed by atoms with Gasteiger partial charge in [-0.1, -0.05) is 0 Å². The predicted molar refractivity (Wildman–Crippen MR) is 64.3 cm³/mol. The molecule has 0 saturated heterocycles. The topological polar surface area (TPSA) is 54.7 Å². The van der Waals surface area contributed by atoms with E-state index in [0.717, 1.165) is 14.8 Å². The maximum atomic E-state index is 5.26. The van der Waals surface area contributed by atoms with Gasteiger partial charge in [-0.25, -0.2) is 9.97 Å². The lowest BCUT2D eigenvalue weighted by atomic mass is 10.4. The molecule has 4 nitrogen and oxygen atoms in total. The third-order valence-corrected chi connectivity index (χ3v) is 2.65. The molecule has 15 heavy (non-hydrogen) atoms. The predicted octanol–water partition coefficient (Wildman–Crippen LogP) is 2.82. The highest BCUT2D eigenvalue weighted by molar-refractivity contribution is 14.1. The molecule has 0 spiro atoms. The summed E-state index contributed by atoms with van der Waals surface area (Å²) in [5, 5.41) is 0. The monoisotopic (exact) mass is 311 g/mol. The number of fused-ring (bicyclic) bond motifs is 1. The number of aromatic amines is 1. The van der Waals surface area contributed by atoms with Crippen molar-refractivity contribution in [3.05, 3.63) is 34.2 Å². The van der Waals surface area contributed by atoms with Crippen LogP contribution in [0.2, 0.25) is 0 Å². The molecule has 0 radical (unpaired) electrons. The molecule has 0 fully saturated rings. The van der Waals surface area contributed by atoms with Gasteiger partial charge in [-0.15, -0.1) is 0 Å². The largest absolute Gasteiger partial charge is 0.461 e. The third-order valence-electron chi connectivity index (χ3n) is 2.06. The number of aromatic nitrogens is 3. The van der Waals surface area contributed by atoms with Crippen LogP contribution in [0.15, 0.2) is 35.1 Å². The van der Waals surface area contributed by atoms with Crippen molar-refractivity contribution in [2.75, 3.05) is 0 Å². The molecule has 74 valence electrons. The van der Waals surface area contributed by atoms with E-state index in [4.69, 9.17) is 4.42 Å². The summed E-state index contributed by atoms with van der Waals surface area (Å²) in [5.41, 5.74) is 1.63. The number of nitrogens with zero attached hydrogens (tertiary/aromatic N) is 2. The molecule has 3 rings (SSSR count). The number of H-pyrrole nitrogens is 1. The number of hydrogen-bond acceptors (Lipinski definition) is 3. The van der Waals surface area contributed by atoms with E-state index >= 15 is 0 Å². The lowest BCUT2D eigenvalue weighted by Crippen LogP contribution is -1.77. The Morgan fingerprint density at radius 2 is 2.33 bits per heavy atom. The Balaban J connectivity index is 2.22. The number of hydrogen-bond donors (Lipinski definition) is 1. The molecular weight excluding hydrogens is 305 g/mol. The maximum Gasteiger partial charge on any atom is 0.178 e. The van der Waals surface area contributed by atoms with Crippen molar-refractivity contribution in [1.29, 1.82) is 0 Å². The van der Waals surface area contributed by atoms with E-state index in [1.807, 2.05) is 18.2 Å². The molecule has 0 aromatic carbocycles. The molecule has 0 aliphatic carbocycles. The minimum absolute atomic E-state index is 0.710. The molecule has 0 unspecified atom stereocenters. The number of halogens is 1. The molecule has 3 heterocycles. The second-order valence-electron chi connectivity index (χ2n) is 3.09. The molecule has 0 atom stereocenters. The Bertz CT molecular complexity index is 600. The van der Waals surface area contributed by atoms with Gasteiger partial charge in [-0.05, 0) is 40.8 Å². The van der Waals surface area contributed by atoms with E-state index < -0.39 is 0 Å². The van der Waals surface area contributed by atoms with Gasteiger partial charge in [-0.2, -0.15) is 0 Å². The fourth-order valence-electron chi connectivity index (χ4n) is 1.40. The van der Waals surface area contributed by atoms with Gasteiger partial charge in [0.25, 0.3) is 0 Å². The van der Waals surface area contributed by atoms with E-state index in [-0.39, 0.29) is 0 Å². The Morgan fingerprint density at radius 3 is 3.13 bits per heavy atom. The van der Waals surface area contributed by atoms with Crippen LogP contribution in [-0.4, -0.2) is 15.0 Å². The van der Waals surface area contributed by atoms with Crippen LogP contribution in [0.25, 0.3) is 22.7 Å². The van der Waals surface area contributed by atoms with Gasteiger partial charge < -0.3 is 9.40 Å². The van der Waals surface area contributed by atoms with Crippen molar-refractivity contribution in [3.8, 4) is 11.6 Å². The van der Waals surface area contributed by atoms with Gasteiger partial charge in [0.15, 0.2) is 17.2 Å². The van der Waals surface area contributed by atoms with E-state index in [0.29, 0.717) is 11.5 Å². The molecule has 0 amide bonds. The summed E-state index contributed by atoms with van der Waals surface area (Å²) in [4.78, 5) is 11.7. The van der Waals surface area contributed by atoms with Crippen LogP contribution in [-0.2, 0) is 0 Å². The van der Waals surface area contributed by atoms with Crippen LogP contribution in [0.1, 0.15) is 0 Å². The second-order valence-corrected chi connectivity index (χ2v) is 4.33. The van der Waals surface area contributed by atoms with Crippen molar-refractivity contribution >= 4 is 33.8 Å². The molecule has 0 aliphatic rings. The zero-order valence-corrected chi connectivity index (χ0v) is 9.72. The Morgan fingerprint density at radius 1 is 1.40 bits per heavy atom. The van der Waals surface area contributed by atoms with Crippen molar-refractivity contribution in [1.82, 2.24) is 15.0 Å². The molecule has 0 bridgehead atoms. The summed E-state index contributed by atoms with van der Waals surface area (Å²) in [6.45, 7) is 0. The Kier molecular flexibility index (Phi) is 1.98. The zero-order chi connectivity index (χ0) is 10.3. The first-order chi connectivity index (χ1) is 7.33. The maximum absolute atomic E-state index is 5.26. The molecule has 0 aliphatic heterocycles. The molecule has 0 saturated carbocycles. The summed E-state index contributed by atoms with van der Waals surface area (Å²) < 4.78 is 6.33. The lowest BCUT2D eigenvalue weighted by Gasteiger charge is -1.87. The fraction of sp³-hybridized carbons (Fsp3) is 0. The number of pyridine rings is 1. The van der Waals surface area contributed by atoms with Gasteiger partial charge in [0, 0.05) is 9.77 Å². The highest BCUT2D eigenvalue weighted by Gasteiger charge is 2.07. The van der Waals surface area contributed by atoms with E-state index in [2.05, 4.69) is 37.5 Å². The standard InChI is InChI=1S/C10H6IN3O/c11-6-4-7-9(12-5-6)14-10(13-7)8-2-1-3-15-8/h1-5H,(H,12,13,14). The number of furan rings is 1. The van der Waals surface area contributed by atoms with Gasteiger partial charge in [-0.3, -0.25) is 0 Å². The minimum Gasteiger partial charge on any atom is -0.461 e. The van der Waals surface area contributed by atoms with Crippen molar-refractivity contribution in [2.24, 2.45) is 0 Å². The summed E-state index contributed by atoms with van der Waals surface area (Å²) in [6, 6.07) is 5.70. The second kappa shape index (κ2) is 3.34. The smallest absolute Gasteiger partial charge is 0.178 e. The Hall–Kier alpha value is -1.37. The van der Waals surface area contributed by atoms with E-state index in [1.165, 1.54) is 0 Å². The third kappa shape index (κ3) is 1.52. The van der Waals surface area contributed by atoms with Gasteiger partial charge in [0.1, 0.15) is 0 Å². The van der Waals surface area contributed by atoms with Crippen LogP contribution >= 0.6 is 22.6 Å². The summed E-state index contributed by atoms with van der Waals surface area (Å²) in [7, 11) is 0. The van der Waals surface area contributed by atoms with Gasteiger partial charge in [0.2, 0.25) is 0 Å². The zero-order valence-electron chi connectivity index (χ0n) is 7.57. The molecule has 3 aromatic heterocycles. The normalized spacial score (nSPS) is 11.0. The number of rotatable bonds is 1. The first-order valence-electron chi connectivity index (χ1n) is 4.38. The lowest BCUT2D eigenvalue weighted by molar-refractivity contribution is 0.578. The van der Waals surface area contributed by atoms with Crippen molar-refractivity contribution in [3.63, 3.8) is 0 Å². The highest BCUT2D eigenvalue weighted by Crippen LogP contribution is 2.20. The Labute approximate surface area is 98.9 Å². The molecule has 5 heteroatoms. The first kappa shape index (κ1) is 8.90. The van der Waals surface area contributed by atoms with Crippen molar-refractivity contribution < 1.29 is 4.42 Å². The molecule has 3 aromatic rings. The van der Waals surface area contributed by atoms with Crippen LogP contribution in [0.5, 0.6) is 0 Å². The number of imidazole rings is 1. The van der Waals surface area contributed by atoms with Gasteiger partial charge in [0.05, 0.1) is 11.8 Å². The van der Waals surface area contributed by atoms with Gasteiger partial charge >= 0.3 is 0 Å². The first-order valence-corrected chi connectivity index (χ1v) is 5.46. The quantitative estimate of drug-likeness (QED) is 0.703. The van der Waals surface area contributed by atoms with Crippen molar-refractivity contribution in [2.45, 2.75) is 0 Å². The van der Waals surface area contributed by atoms with Crippen LogP contribution in [0.3, 0.4) is 0 Å². The average Bonchev–Trinajstić information content (AvgIpc) is 2.84. The summed E-state index contributed by atoms with van der Waals surface area (Å²) >= 11 is 2.22. The van der Waals surface area contributed by atoms with E-state index in [9.17, 15) is 0 Å². The molecular formula is C10H6IN3O. The van der Waals surface area contributed by atoms with Crippen LogP contribution in [0.4, 0.5) is 0 Å². The van der Waals surface area contributed by atoms with E-state index in [1.54, 1.807) is 12.5 Å². The fourth-order valence-corrected chi connectivity index (χ4v) is 1.86. The highest BCUT2D eigenvalue weighted by atomic mass is 127.